The third kappa shape index (κ3) is 4.29. The highest BCUT2D eigenvalue weighted by molar-refractivity contribution is 6.18. The van der Waals surface area contributed by atoms with Crippen LogP contribution in [0.3, 0.4) is 0 Å². The van der Waals surface area contributed by atoms with Crippen molar-refractivity contribution in [1.29, 1.82) is 0 Å². The van der Waals surface area contributed by atoms with Crippen LogP contribution in [0.5, 0.6) is 0 Å². The summed E-state index contributed by atoms with van der Waals surface area (Å²) >= 11 is 5.95. The molecule has 150 valence electrons. The fraction of sp³-hybridized carbons (Fsp3) is 0.333. The molecule has 0 aliphatic rings. The third-order valence-electron chi connectivity index (χ3n) is 5.32. The van der Waals surface area contributed by atoms with Crippen molar-refractivity contribution in [3.8, 4) is 0 Å². The number of hydrogen-bond acceptors (Lipinski definition) is 4. The van der Waals surface area contributed by atoms with Crippen molar-refractivity contribution in [2.24, 2.45) is 0 Å². The van der Waals surface area contributed by atoms with E-state index in [0.29, 0.717) is 5.88 Å². The molecular weight excluding hydrogens is 380 g/mol. The van der Waals surface area contributed by atoms with E-state index in [1.54, 1.807) is 0 Å². The summed E-state index contributed by atoms with van der Waals surface area (Å²) in [5.74, 6) is 0.688. The molecule has 0 aliphatic heterocycles. The smallest absolute Gasteiger partial charge is 0.0993 e. The van der Waals surface area contributed by atoms with E-state index in [9.17, 15) is 0 Å². The molecule has 0 amide bonds. The van der Waals surface area contributed by atoms with E-state index in [-0.39, 0.29) is 0 Å². The number of halogens is 1. The van der Waals surface area contributed by atoms with Crippen LogP contribution in [-0.2, 0) is 0 Å². The van der Waals surface area contributed by atoms with Crippen LogP contribution in [0.25, 0.3) is 32.7 Å². The molecule has 0 saturated heterocycles. The predicted molar refractivity (Wildman–Crippen MR) is 125 cm³/mol. The van der Waals surface area contributed by atoms with Crippen LogP contribution in [0.4, 0.5) is 5.69 Å². The van der Waals surface area contributed by atoms with E-state index in [4.69, 9.17) is 16.6 Å². The van der Waals surface area contributed by atoms with Crippen LogP contribution in [0.2, 0.25) is 0 Å². The number of fused-ring (bicyclic) bond motifs is 4. The van der Waals surface area contributed by atoms with Crippen LogP contribution in [0.1, 0.15) is 19.8 Å². The second kappa shape index (κ2) is 9.38. The maximum absolute atomic E-state index is 5.95. The minimum Gasteiger partial charge on any atom is -0.384 e. The Morgan fingerprint density at radius 1 is 0.931 bits per heavy atom. The van der Waals surface area contributed by atoms with E-state index in [1.165, 1.54) is 0 Å². The highest BCUT2D eigenvalue weighted by atomic mass is 35.5. The molecule has 1 N–H and O–H groups in total. The average molecular weight is 407 g/mol. The zero-order chi connectivity index (χ0) is 20.1. The number of benzene rings is 2. The lowest BCUT2D eigenvalue weighted by atomic mass is 10.0. The Labute approximate surface area is 176 Å². The molecule has 0 radical (unpaired) electrons. The van der Waals surface area contributed by atoms with Gasteiger partial charge in [0.05, 0.1) is 22.2 Å². The minimum absolute atomic E-state index is 0.688. The molecule has 4 aromatic rings. The molecule has 2 heterocycles. The zero-order valence-corrected chi connectivity index (χ0v) is 17.6. The summed E-state index contributed by atoms with van der Waals surface area (Å²) in [5.41, 5.74) is 4.06. The standard InChI is InChI=1S/C24H27ClN4/c1-2-15-29(17-12-25)16-6-14-27-23-19-8-3-4-9-21(19)28-24-20(23)11-10-18-7-5-13-26-22(18)24/h3-5,7-11,13H,2,6,12,14-17H2,1H3,(H,27,28). The van der Waals surface area contributed by atoms with Crippen molar-refractivity contribution < 1.29 is 0 Å². The molecule has 0 unspecified atom stereocenters. The summed E-state index contributed by atoms with van der Waals surface area (Å²) in [6, 6.07) is 16.7. The van der Waals surface area contributed by atoms with E-state index < -0.39 is 0 Å². The molecule has 0 spiro atoms. The maximum atomic E-state index is 5.95. The highest BCUT2D eigenvalue weighted by Gasteiger charge is 2.12. The van der Waals surface area contributed by atoms with Gasteiger partial charge >= 0.3 is 0 Å². The Morgan fingerprint density at radius 3 is 2.69 bits per heavy atom. The molecule has 0 bridgehead atoms. The van der Waals surface area contributed by atoms with Crippen molar-refractivity contribution >= 4 is 50.0 Å². The molecule has 2 aromatic heterocycles. The number of aromatic nitrogens is 2. The maximum Gasteiger partial charge on any atom is 0.0993 e. The molecule has 4 rings (SSSR count). The number of pyridine rings is 2. The van der Waals surface area contributed by atoms with Gasteiger partial charge in [0.25, 0.3) is 0 Å². The Kier molecular flexibility index (Phi) is 6.43. The summed E-state index contributed by atoms with van der Waals surface area (Å²) in [4.78, 5) is 12.0. The first-order valence-corrected chi connectivity index (χ1v) is 10.9. The normalized spacial score (nSPS) is 11.7. The number of para-hydroxylation sites is 1. The first kappa shape index (κ1) is 19.9. The van der Waals surface area contributed by atoms with Gasteiger partial charge in [-0.2, -0.15) is 0 Å². The second-order valence-electron chi connectivity index (χ2n) is 7.35. The zero-order valence-electron chi connectivity index (χ0n) is 16.9. The number of nitrogens with one attached hydrogen (secondary N) is 1. The first-order chi connectivity index (χ1) is 14.3. The molecule has 5 heteroatoms. The van der Waals surface area contributed by atoms with Crippen LogP contribution >= 0.6 is 11.6 Å². The van der Waals surface area contributed by atoms with Crippen molar-refractivity contribution in [3.05, 3.63) is 54.7 Å². The van der Waals surface area contributed by atoms with Gasteiger partial charge in [0.15, 0.2) is 0 Å². The summed E-state index contributed by atoms with van der Waals surface area (Å²) < 4.78 is 0. The third-order valence-corrected chi connectivity index (χ3v) is 5.49. The van der Waals surface area contributed by atoms with Crippen LogP contribution in [0, 0.1) is 0 Å². The van der Waals surface area contributed by atoms with E-state index in [0.717, 1.165) is 77.4 Å². The lowest BCUT2D eigenvalue weighted by molar-refractivity contribution is 0.289. The summed E-state index contributed by atoms with van der Waals surface area (Å²) in [6.45, 7) is 6.23. The molecular formula is C24H27ClN4. The van der Waals surface area contributed by atoms with Gasteiger partial charge in [-0.25, -0.2) is 4.98 Å². The predicted octanol–water partition coefficient (Wildman–Crippen LogP) is 5.69. The van der Waals surface area contributed by atoms with E-state index in [2.05, 4.69) is 58.5 Å². The topological polar surface area (TPSA) is 41.0 Å². The van der Waals surface area contributed by atoms with Crippen molar-refractivity contribution in [1.82, 2.24) is 14.9 Å². The molecule has 0 aliphatic carbocycles. The first-order valence-electron chi connectivity index (χ1n) is 10.4. The monoisotopic (exact) mass is 406 g/mol. The Bertz CT molecular complexity index is 1110. The van der Waals surface area contributed by atoms with Gasteiger partial charge in [-0.3, -0.25) is 4.98 Å². The number of hydrogen-bond donors (Lipinski definition) is 1. The van der Waals surface area contributed by atoms with Crippen LogP contribution in [0.15, 0.2) is 54.7 Å². The second-order valence-corrected chi connectivity index (χ2v) is 7.73. The van der Waals surface area contributed by atoms with Gasteiger partial charge in [0.1, 0.15) is 0 Å². The molecule has 0 atom stereocenters. The van der Waals surface area contributed by atoms with E-state index >= 15 is 0 Å². The van der Waals surface area contributed by atoms with Gasteiger partial charge in [-0.15, -0.1) is 11.6 Å². The lowest BCUT2D eigenvalue weighted by Crippen LogP contribution is -2.29. The molecule has 4 nitrogen and oxygen atoms in total. The van der Waals surface area contributed by atoms with Gasteiger partial charge in [-0.05, 0) is 44.1 Å². The Morgan fingerprint density at radius 2 is 1.83 bits per heavy atom. The Balaban J connectivity index is 1.65. The largest absolute Gasteiger partial charge is 0.384 e. The summed E-state index contributed by atoms with van der Waals surface area (Å²) in [5, 5.41) is 7.10. The quantitative estimate of drug-likeness (QED) is 0.168. The van der Waals surface area contributed by atoms with Crippen molar-refractivity contribution in [3.63, 3.8) is 0 Å². The van der Waals surface area contributed by atoms with Gasteiger partial charge in [0.2, 0.25) is 0 Å². The number of anilines is 1. The molecule has 0 fully saturated rings. The summed E-state index contributed by atoms with van der Waals surface area (Å²) in [7, 11) is 0. The Hall–Kier alpha value is -2.43. The van der Waals surface area contributed by atoms with E-state index in [1.807, 2.05) is 18.3 Å². The summed E-state index contributed by atoms with van der Waals surface area (Å²) in [6.07, 6.45) is 4.07. The van der Waals surface area contributed by atoms with Crippen LogP contribution < -0.4 is 5.32 Å². The van der Waals surface area contributed by atoms with Gasteiger partial charge in [-0.1, -0.05) is 37.3 Å². The fourth-order valence-corrected chi connectivity index (χ4v) is 4.21. The van der Waals surface area contributed by atoms with Gasteiger partial charge < -0.3 is 10.2 Å². The minimum atomic E-state index is 0.688. The molecule has 0 saturated carbocycles. The number of nitrogens with zero attached hydrogens (tertiary/aromatic N) is 3. The van der Waals surface area contributed by atoms with Gasteiger partial charge in [0, 0.05) is 41.3 Å². The lowest BCUT2D eigenvalue weighted by Gasteiger charge is -2.21. The molecule has 29 heavy (non-hydrogen) atoms. The SMILES string of the molecule is CCCN(CCCl)CCCNc1c2ccccc2nc2c1ccc1cccnc12. The average Bonchev–Trinajstić information content (AvgIpc) is 2.76. The molecule has 2 aromatic carbocycles. The highest BCUT2D eigenvalue weighted by Crippen LogP contribution is 2.33. The number of alkyl halides is 1. The van der Waals surface area contributed by atoms with Crippen molar-refractivity contribution in [2.75, 3.05) is 37.4 Å². The number of rotatable bonds is 9. The fourth-order valence-electron chi connectivity index (χ4n) is 3.97. The van der Waals surface area contributed by atoms with Crippen LogP contribution in [-0.4, -0.2) is 46.9 Å². The van der Waals surface area contributed by atoms with Crippen molar-refractivity contribution in [2.45, 2.75) is 19.8 Å².